The third-order valence-corrected chi connectivity index (χ3v) is 1.54. The highest BCUT2D eigenvalue weighted by molar-refractivity contribution is 5.87. The van der Waals surface area contributed by atoms with Gasteiger partial charge >= 0.3 is 5.97 Å². The largest absolute Gasteiger partial charge is 0.486 e. The lowest BCUT2D eigenvalue weighted by Crippen LogP contribution is -2.00. The highest BCUT2D eigenvalue weighted by Gasteiger charge is 2.08. The van der Waals surface area contributed by atoms with Gasteiger partial charge in [-0.1, -0.05) is 12.7 Å². The van der Waals surface area contributed by atoms with Crippen molar-refractivity contribution in [1.82, 2.24) is 0 Å². The van der Waals surface area contributed by atoms with E-state index in [1.54, 1.807) is 0 Å². The average molecular weight is 196 g/mol. The first-order valence-corrected chi connectivity index (χ1v) is 3.91. The zero-order valence-corrected chi connectivity index (χ0v) is 7.37. The van der Waals surface area contributed by atoms with E-state index in [9.17, 15) is 9.18 Å². The van der Waals surface area contributed by atoms with Gasteiger partial charge in [0.05, 0.1) is 5.56 Å². The Kier molecular flexibility index (Phi) is 3.23. The molecule has 0 aliphatic heterocycles. The zero-order valence-electron chi connectivity index (χ0n) is 7.37. The normalized spacial score (nSPS) is 9.50. The SMILES string of the molecule is C=CCOc1ccc(C(=O)O)cc1F. The maximum atomic E-state index is 13.1. The second-order valence-corrected chi connectivity index (χ2v) is 2.55. The number of carboxylic acids is 1. The summed E-state index contributed by atoms with van der Waals surface area (Å²) in [5.41, 5.74) is -0.103. The summed E-state index contributed by atoms with van der Waals surface area (Å²) in [6, 6.07) is 3.48. The van der Waals surface area contributed by atoms with E-state index in [-0.39, 0.29) is 17.9 Å². The fraction of sp³-hybridized carbons (Fsp3) is 0.100. The lowest BCUT2D eigenvalue weighted by Gasteiger charge is -2.04. The monoisotopic (exact) mass is 196 g/mol. The molecule has 74 valence electrons. The van der Waals surface area contributed by atoms with E-state index in [0.717, 1.165) is 6.07 Å². The molecule has 0 saturated carbocycles. The second-order valence-electron chi connectivity index (χ2n) is 2.55. The third-order valence-electron chi connectivity index (χ3n) is 1.54. The molecular weight excluding hydrogens is 187 g/mol. The van der Waals surface area contributed by atoms with Crippen molar-refractivity contribution in [2.75, 3.05) is 6.61 Å². The van der Waals surface area contributed by atoms with Crippen LogP contribution in [0.1, 0.15) is 10.4 Å². The first kappa shape index (κ1) is 10.2. The van der Waals surface area contributed by atoms with Crippen LogP contribution in [-0.2, 0) is 0 Å². The highest BCUT2D eigenvalue weighted by Crippen LogP contribution is 2.18. The van der Waals surface area contributed by atoms with Crippen molar-refractivity contribution in [1.29, 1.82) is 0 Å². The Balaban J connectivity index is 2.89. The summed E-state index contributed by atoms with van der Waals surface area (Å²) >= 11 is 0. The standard InChI is InChI=1S/C10H9FO3/c1-2-5-14-9-4-3-7(10(12)13)6-8(9)11/h2-4,6H,1,5H2,(H,12,13). The maximum absolute atomic E-state index is 13.1. The van der Waals surface area contributed by atoms with Gasteiger partial charge in [-0.2, -0.15) is 0 Å². The number of carboxylic acid groups (broad SMARTS) is 1. The van der Waals surface area contributed by atoms with Gasteiger partial charge in [-0.3, -0.25) is 0 Å². The topological polar surface area (TPSA) is 46.5 Å². The van der Waals surface area contributed by atoms with E-state index in [2.05, 4.69) is 6.58 Å². The van der Waals surface area contributed by atoms with Crippen molar-refractivity contribution in [2.45, 2.75) is 0 Å². The van der Waals surface area contributed by atoms with Gasteiger partial charge in [-0.25, -0.2) is 9.18 Å². The molecule has 0 spiro atoms. The lowest BCUT2D eigenvalue weighted by molar-refractivity contribution is 0.0696. The summed E-state index contributed by atoms with van der Waals surface area (Å²) in [4.78, 5) is 10.5. The number of benzene rings is 1. The van der Waals surface area contributed by atoms with Gasteiger partial charge in [-0.15, -0.1) is 0 Å². The predicted octanol–water partition coefficient (Wildman–Crippen LogP) is 2.09. The van der Waals surface area contributed by atoms with E-state index in [0.29, 0.717) is 0 Å². The number of hydrogen-bond acceptors (Lipinski definition) is 2. The quantitative estimate of drug-likeness (QED) is 0.750. The molecule has 0 amide bonds. The zero-order chi connectivity index (χ0) is 10.6. The fourth-order valence-electron chi connectivity index (χ4n) is 0.900. The van der Waals surface area contributed by atoms with Crippen molar-refractivity contribution in [2.24, 2.45) is 0 Å². The molecule has 0 radical (unpaired) electrons. The number of halogens is 1. The molecule has 0 unspecified atom stereocenters. The Morgan fingerprint density at radius 3 is 2.86 bits per heavy atom. The Hall–Kier alpha value is -1.84. The smallest absolute Gasteiger partial charge is 0.335 e. The minimum Gasteiger partial charge on any atom is -0.486 e. The van der Waals surface area contributed by atoms with Crippen LogP contribution in [0, 0.1) is 5.82 Å². The van der Waals surface area contributed by atoms with Crippen LogP contribution in [0.4, 0.5) is 4.39 Å². The summed E-state index contributed by atoms with van der Waals surface area (Å²) in [7, 11) is 0. The molecule has 1 aromatic rings. The van der Waals surface area contributed by atoms with Crippen LogP contribution in [0.15, 0.2) is 30.9 Å². The van der Waals surface area contributed by atoms with Crippen molar-refractivity contribution < 1.29 is 19.0 Å². The molecule has 3 nitrogen and oxygen atoms in total. The van der Waals surface area contributed by atoms with E-state index in [1.165, 1.54) is 18.2 Å². The van der Waals surface area contributed by atoms with Crippen LogP contribution in [0.25, 0.3) is 0 Å². The molecule has 0 fully saturated rings. The molecule has 1 N–H and O–H groups in total. The summed E-state index contributed by atoms with van der Waals surface area (Å²) in [6.45, 7) is 3.59. The molecule has 0 heterocycles. The number of rotatable bonds is 4. The van der Waals surface area contributed by atoms with Crippen LogP contribution < -0.4 is 4.74 Å². The Morgan fingerprint density at radius 2 is 2.36 bits per heavy atom. The number of carbonyl (C=O) groups is 1. The second kappa shape index (κ2) is 4.41. The van der Waals surface area contributed by atoms with E-state index < -0.39 is 11.8 Å². The Morgan fingerprint density at radius 1 is 1.64 bits per heavy atom. The molecule has 0 atom stereocenters. The van der Waals surface area contributed by atoms with Gasteiger partial charge in [0.1, 0.15) is 6.61 Å². The van der Waals surface area contributed by atoms with E-state index in [1.807, 2.05) is 0 Å². The molecule has 14 heavy (non-hydrogen) atoms. The minimum absolute atomic E-state index is 0.0231. The highest BCUT2D eigenvalue weighted by atomic mass is 19.1. The van der Waals surface area contributed by atoms with Crippen LogP contribution in [-0.4, -0.2) is 17.7 Å². The van der Waals surface area contributed by atoms with Crippen LogP contribution in [0.5, 0.6) is 5.75 Å². The van der Waals surface area contributed by atoms with E-state index in [4.69, 9.17) is 9.84 Å². The van der Waals surface area contributed by atoms with Crippen molar-refractivity contribution >= 4 is 5.97 Å². The van der Waals surface area contributed by atoms with Gasteiger partial charge in [0, 0.05) is 0 Å². The van der Waals surface area contributed by atoms with Gasteiger partial charge < -0.3 is 9.84 Å². The van der Waals surface area contributed by atoms with Crippen molar-refractivity contribution in [3.63, 3.8) is 0 Å². The van der Waals surface area contributed by atoms with E-state index >= 15 is 0 Å². The van der Waals surface area contributed by atoms with Crippen LogP contribution in [0.3, 0.4) is 0 Å². The fourth-order valence-corrected chi connectivity index (χ4v) is 0.900. The van der Waals surface area contributed by atoms with Gasteiger partial charge in [0.2, 0.25) is 0 Å². The molecule has 0 aliphatic carbocycles. The third kappa shape index (κ3) is 2.32. The Bertz CT molecular complexity index is 360. The summed E-state index contributed by atoms with van der Waals surface area (Å²) < 4.78 is 18.0. The lowest BCUT2D eigenvalue weighted by atomic mass is 10.2. The molecule has 1 aromatic carbocycles. The minimum atomic E-state index is -1.17. The van der Waals surface area contributed by atoms with Gasteiger partial charge in [-0.05, 0) is 18.2 Å². The van der Waals surface area contributed by atoms with Gasteiger partial charge in [0.25, 0.3) is 0 Å². The molecule has 4 heteroatoms. The van der Waals surface area contributed by atoms with Gasteiger partial charge in [0.15, 0.2) is 11.6 Å². The Labute approximate surface area is 80.4 Å². The summed E-state index contributed by atoms with van der Waals surface area (Å²) in [6.07, 6.45) is 1.48. The number of ether oxygens (including phenoxy) is 1. The molecule has 0 aromatic heterocycles. The number of aromatic carboxylic acids is 1. The maximum Gasteiger partial charge on any atom is 0.335 e. The molecule has 0 aliphatic rings. The first-order valence-electron chi connectivity index (χ1n) is 3.91. The van der Waals surface area contributed by atoms with Crippen molar-refractivity contribution in [3.05, 3.63) is 42.2 Å². The van der Waals surface area contributed by atoms with Crippen LogP contribution >= 0.6 is 0 Å². The van der Waals surface area contributed by atoms with Crippen molar-refractivity contribution in [3.8, 4) is 5.75 Å². The average Bonchev–Trinajstić information content (AvgIpc) is 2.15. The van der Waals surface area contributed by atoms with Crippen LogP contribution in [0.2, 0.25) is 0 Å². The molecule has 1 rings (SSSR count). The summed E-state index contributed by atoms with van der Waals surface area (Å²) in [5.74, 6) is -1.83. The first-order chi connectivity index (χ1) is 6.65. The summed E-state index contributed by atoms with van der Waals surface area (Å²) in [5, 5.41) is 8.55. The molecule has 0 bridgehead atoms. The molecule has 0 saturated heterocycles. The molecular formula is C10H9FO3. The predicted molar refractivity (Wildman–Crippen MR) is 49.1 cm³/mol. The number of hydrogen-bond donors (Lipinski definition) is 1.